The monoisotopic (exact) mass is 524 g/mol. The van der Waals surface area contributed by atoms with Crippen molar-refractivity contribution in [2.24, 2.45) is 11.8 Å². The molecule has 0 aliphatic carbocycles. The van der Waals surface area contributed by atoms with Crippen LogP contribution < -0.4 is 5.32 Å². The highest BCUT2D eigenvalue weighted by Gasteiger charge is 2.42. The van der Waals surface area contributed by atoms with E-state index in [1.54, 1.807) is 11.0 Å². The Labute approximate surface area is 220 Å². The molecule has 37 heavy (non-hydrogen) atoms. The van der Waals surface area contributed by atoms with Crippen LogP contribution >= 0.6 is 11.6 Å². The highest BCUT2D eigenvalue weighted by molar-refractivity contribution is 6.33. The highest BCUT2D eigenvalue weighted by atomic mass is 35.5. The van der Waals surface area contributed by atoms with Crippen molar-refractivity contribution in [2.45, 2.75) is 25.3 Å². The molecule has 2 aromatic carbocycles. The van der Waals surface area contributed by atoms with Crippen molar-refractivity contribution in [3.8, 4) is 0 Å². The molecule has 0 spiro atoms. The van der Waals surface area contributed by atoms with Gasteiger partial charge in [-0.1, -0.05) is 48.0 Å². The number of aromatic nitrogens is 3. The van der Waals surface area contributed by atoms with E-state index in [0.29, 0.717) is 43.6 Å². The van der Waals surface area contributed by atoms with Crippen LogP contribution in [-0.2, 0) is 11.2 Å². The Hall–Kier alpha value is -3.30. The minimum Gasteiger partial charge on any atom is -0.349 e. The van der Waals surface area contributed by atoms with Crippen LogP contribution in [0.1, 0.15) is 40.6 Å². The molecular weight excluding hydrogens is 495 g/mol. The number of hydrogen-bond acceptors (Lipinski definition) is 5. The van der Waals surface area contributed by atoms with Crippen molar-refractivity contribution in [2.75, 3.05) is 32.7 Å². The number of aryl methyl sites for hydroxylation is 1. The average molecular weight is 525 g/mol. The van der Waals surface area contributed by atoms with Gasteiger partial charge in [0.1, 0.15) is 18.0 Å². The Kier molecular flexibility index (Phi) is 7.81. The Bertz CT molecular complexity index is 1190. The van der Waals surface area contributed by atoms with Gasteiger partial charge in [-0.05, 0) is 36.0 Å². The Morgan fingerprint density at radius 2 is 1.84 bits per heavy atom. The number of H-pyrrole nitrogens is 1. The molecule has 0 bridgehead atoms. The number of carbonyl (C=O) groups is 2. The maximum absolute atomic E-state index is 14.3. The second-order valence-electron chi connectivity index (χ2n) is 9.84. The van der Waals surface area contributed by atoms with E-state index in [1.807, 2.05) is 30.3 Å². The Morgan fingerprint density at radius 1 is 1.08 bits per heavy atom. The SMILES string of the molecule is O=C(CCc1ncn[nH]1)NC(CCN1CC2CN(C(=O)c3c(F)cccc3Cl)C[C@@H]2C1)c1ccccc1. The second-order valence-corrected chi connectivity index (χ2v) is 10.2. The smallest absolute Gasteiger partial charge is 0.258 e. The summed E-state index contributed by atoms with van der Waals surface area (Å²) in [4.78, 5) is 33.8. The van der Waals surface area contributed by atoms with Gasteiger partial charge in [0.2, 0.25) is 5.91 Å². The molecule has 1 aromatic heterocycles. The number of benzene rings is 2. The molecule has 2 aliphatic rings. The van der Waals surface area contributed by atoms with Gasteiger partial charge >= 0.3 is 0 Å². The zero-order valence-corrected chi connectivity index (χ0v) is 21.2. The van der Waals surface area contributed by atoms with E-state index < -0.39 is 5.82 Å². The number of rotatable bonds is 9. The minimum absolute atomic E-state index is 0.0236. The Balaban J connectivity index is 1.14. The maximum Gasteiger partial charge on any atom is 0.258 e. The van der Waals surface area contributed by atoms with Gasteiger partial charge < -0.3 is 15.1 Å². The van der Waals surface area contributed by atoms with E-state index in [9.17, 15) is 14.0 Å². The molecule has 2 aliphatic heterocycles. The third-order valence-corrected chi connectivity index (χ3v) is 7.67. The summed E-state index contributed by atoms with van der Waals surface area (Å²) in [6.45, 7) is 3.79. The van der Waals surface area contributed by atoms with E-state index in [0.717, 1.165) is 31.6 Å². The lowest BCUT2D eigenvalue weighted by Crippen LogP contribution is -2.35. The molecule has 10 heteroatoms. The van der Waals surface area contributed by atoms with Gasteiger partial charge in [0.05, 0.1) is 16.6 Å². The third kappa shape index (κ3) is 5.99. The van der Waals surface area contributed by atoms with Crippen LogP contribution in [0.2, 0.25) is 5.02 Å². The molecule has 2 fully saturated rings. The number of hydrogen-bond donors (Lipinski definition) is 2. The van der Waals surface area contributed by atoms with E-state index in [2.05, 4.69) is 25.4 Å². The predicted octanol–water partition coefficient (Wildman–Crippen LogP) is 3.48. The van der Waals surface area contributed by atoms with Gasteiger partial charge in [-0.2, -0.15) is 5.10 Å². The molecule has 5 rings (SSSR count). The summed E-state index contributed by atoms with van der Waals surface area (Å²) in [6, 6.07) is 14.2. The molecule has 194 valence electrons. The van der Waals surface area contributed by atoms with Gasteiger partial charge in [0, 0.05) is 45.6 Å². The van der Waals surface area contributed by atoms with Crippen LogP contribution in [0.5, 0.6) is 0 Å². The molecule has 0 radical (unpaired) electrons. The first kappa shape index (κ1) is 25.4. The van der Waals surface area contributed by atoms with Crippen LogP contribution in [0.3, 0.4) is 0 Å². The first-order valence-electron chi connectivity index (χ1n) is 12.6. The predicted molar refractivity (Wildman–Crippen MR) is 137 cm³/mol. The average Bonchev–Trinajstić information content (AvgIpc) is 3.63. The van der Waals surface area contributed by atoms with Crippen LogP contribution in [0.15, 0.2) is 54.9 Å². The summed E-state index contributed by atoms with van der Waals surface area (Å²) >= 11 is 6.12. The largest absolute Gasteiger partial charge is 0.349 e. The van der Waals surface area contributed by atoms with E-state index in [-0.39, 0.29) is 28.4 Å². The van der Waals surface area contributed by atoms with Gasteiger partial charge in [0.25, 0.3) is 5.91 Å². The van der Waals surface area contributed by atoms with Crippen molar-refractivity contribution in [3.05, 3.63) is 82.6 Å². The summed E-state index contributed by atoms with van der Waals surface area (Å²) in [6.07, 6.45) is 3.07. The molecule has 3 aromatic rings. The zero-order valence-electron chi connectivity index (χ0n) is 20.4. The first-order valence-corrected chi connectivity index (χ1v) is 13.0. The molecule has 2 N–H and O–H groups in total. The van der Waals surface area contributed by atoms with E-state index in [1.165, 1.54) is 18.5 Å². The van der Waals surface area contributed by atoms with Crippen LogP contribution in [0.25, 0.3) is 0 Å². The summed E-state index contributed by atoms with van der Waals surface area (Å²) in [5, 5.41) is 9.96. The fraction of sp³-hybridized carbons (Fsp3) is 0.407. The molecule has 8 nitrogen and oxygen atoms in total. The number of carbonyl (C=O) groups excluding carboxylic acids is 2. The molecular formula is C27H30ClFN6O2. The number of likely N-dealkylation sites (tertiary alicyclic amines) is 2. The lowest BCUT2D eigenvalue weighted by atomic mass is 10.0. The van der Waals surface area contributed by atoms with Gasteiger partial charge in [-0.25, -0.2) is 9.37 Å². The quantitative estimate of drug-likeness (QED) is 0.447. The number of nitrogens with zero attached hydrogens (tertiary/aromatic N) is 4. The number of fused-ring (bicyclic) bond motifs is 1. The van der Waals surface area contributed by atoms with Crippen LogP contribution in [-0.4, -0.2) is 69.5 Å². The number of nitrogens with one attached hydrogen (secondary N) is 2. The van der Waals surface area contributed by atoms with Crippen molar-refractivity contribution >= 4 is 23.4 Å². The molecule has 3 atom stereocenters. The fourth-order valence-electron chi connectivity index (χ4n) is 5.47. The van der Waals surface area contributed by atoms with Crippen LogP contribution in [0, 0.1) is 17.7 Å². The molecule has 2 amide bonds. The summed E-state index contributed by atoms with van der Waals surface area (Å²) in [5.41, 5.74) is 1.04. The topological polar surface area (TPSA) is 94.2 Å². The molecule has 0 saturated carbocycles. The van der Waals surface area contributed by atoms with Gasteiger partial charge in [-0.3, -0.25) is 14.7 Å². The fourth-order valence-corrected chi connectivity index (χ4v) is 5.71. The second kappa shape index (κ2) is 11.4. The lowest BCUT2D eigenvalue weighted by Gasteiger charge is -2.25. The van der Waals surface area contributed by atoms with E-state index >= 15 is 0 Å². The lowest BCUT2D eigenvalue weighted by molar-refractivity contribution is -0.121. The van der Waals surface area contributed by atoms with Crippen molar-refractivity contribution in [1.29, 1.82) is 0 Å². The standard InChI is InChI=1S/C27H30ClFN6O2/c28-21-7-4-8-22(29)26(21)27(37)35-15-19-13-34(14-20(19)16-35)12-11-23(18-5-2-1-3-6-18)32-25(36)10-9-24-30-17-31-33-24/h1-8,17,19-20,23H,9-16H2,(H,32,36)(H,30,31,33)/t19-,20?,23?/m0/s1. The summed E-state index contributed by atoms with van der Waals surface area (Å²) < 4.78 is 14.3. The number of halogens is 2. The first-order chi connectivity index (χ1) is 18.0. The van der Waals surface area contributed by atoms with Crippen molar-refractivity contribution < 1.29 is 14.0 Å². The normalized spacial score (nSPS) is 20.1. The molecule has 2 saturated heterocycles. The summed E-state index contributed by atoms with van der Waals surface area (Å²) in [7, 11) is 0. The Morgan fingerprint density at radius 3 is 2.51 bits per heavy atom. The van der Waals surface area contributed by atoms with Crippen molar-refractivity contribution in [1.82, 2.24) is 30.3 Å². The third-order valence-electron chi connectivity index (χ3n) is 7.35. The highest BCUT2D eigenvalue weighted by Crippen LogP contribution is 2.33. The number of aromatic amines is 1. The number of amides is 2. The van der Waals surface area contributed by atoms with Crippen LogP contribution in [0.4, 0.5) is 4.39 Å². The molecule has 2 unspecified atom stereocenters. The van der Waals surface area contributed by atoms with Crippen molar-refractivity contribution in [3.63, 3.8) is 0 Å². The zero-order chi connectivity index (χ0) is 25.8. The van der Waals surface area contributed by atoms with E-state index in [4.69, 9.17) is 11.6 Å². The summed E-state index contributed by atoms with van der Waals surface area (Å²) in [5.74, 6) is 0.457. The van der Waals surface area contributed by atoms with Gasteiger partial charge in [0.15, 0.2) is 0 Å². The minimum atomic E-state index is -0.578. The maximum atomic E-state index is 14.3. The van der Waals surface area contributed by atoms with Gasteiger partial charge in [-0.15, -0.1) is 0 Å². The molecule has 3 heterocycles.